The third-order valence-electron chi connectivity index (χ3n) is 3.90. The summed E-state index contributed by atoms with van der Waals surface area (Å²) < 4.78 is 54.6. The Bertz CT molecular complexity index is 849. The number of ketones is 1. The van der Waals surface area contributed by atoms with Crippen LogP contribution < -0.4 is 4.90 Å². The summed E-state index contributed by atoms with van der Waals surface area (Å²) >= 11 is 2.01. The average Bonchev–Trinajstić information content (AvgIpc) is 2.54. The molecule has 1 amide bonds. The number of carbonyl (C=O) groups is 2. The van der Waals surface area contributed by atoms with Crippen LogP contribution in [0.25, 0.3) is 0 Å². The number of nitrogens with zero attached hydrogens (tertiary/aromatic N) is 1. The molecule has 2 aromatic carbocycles. The first-order chi connectivity index (χ1) is 11.7. The molecule has 0 bridgehead atoms. The van der Waals surface area contributed by atoms with Crippen molar-refractivity contribution in [2.75, 3.05) is 4.90 Å². The Morgan fingerprint density at radius 2 is 1.76 bits per heavy atom. The standard InChI is InChI=1S/C17H10F4INO2/c18-10-3-6-13-12(7-10)14(24)8-15(17(19,20)21)23(13)16(25)9-1-4-11(22)5-2-9/h1-7,15H,8H2. The van der Waals surface area contributed by atoms with Crippen LogP contribution in [0.4, 0.5) is 23.2 Å². The molecular weight excluding hydrogens is 453 g/mol. The van der Waals surface area contributed by atoms with Gasteiger partial charge >= 0.3 is 6.18 Å². The van der Waals surface area contributed by atoms with Gasteiger partial charge < -0.3 is 0 Å². The second-order valence-corrected chi connectivity index (χ2v) is 6.77. The van der Waals surface area contributed by atoms with Crippen molar-refractivity contribution in [2.45, 2.75) is 18.6 Å². The quantitative estimate of drug-likeness (QED) is 0.459. The second-order valence-electron chi connectivity index (χ2n) is 5.53. The molecular formula is C17H10F4INO2. The molecule has 25 heavy (non-hydrogen) atoms. The van der Waals surface area contributed by atoms with E-state index in [1.165, 1.54) is 12.1 Å². The monoisotopic (exact) mass is 463 g/mol. The van der Waals surface area contributed by atoms with Crippen LogP contribution in [-0.2, 0) is 0 Å². The van der Waals surface area contributed by atoms with Gasteiger partial charge in [0.15, 0.2) is 5.78 Å². The van der Waals surface area contributed by atoms with Crippen LogP contribution in [0.2, 0.25) is 0 Å². The van der Waals surface area contributed by atoms with Crippen molar-refractivity contribution >= 4 is 40.0 Å². The highest BCUT2D eigenvalue weighted by atomic mass is 127. The average molecular weight is 463 g/mol. The Morgan fingerprint density at radius 3 is 2.36 bits per heavy atom. The lowest BCUT2D eigenvalue weighted by Gasteiger charge is -2.37. The smallest absolute Gasteiger partial charge is 0.295 e. The fraction of sp³-hybridized carbons (Fsp3) is 0.176. The van der Waals surface area contributed by atoms with E-state index >= 15 is 0 Å². The Kier molecular flexibility index (Phi) is 4.56. The number of carbonyl (C=O) groups excluding carboxylic acids is 2. The molecule has 0 aromatic heterocycles. The largest absolute Gasteiger partial charge is 0.409 e. The van der Waals surface area contributed by atoms with Crippen molar-refractivity contribution < 1.29 is 27.2 Å². The molecule has 1 aliphatic heterocycles. The minimum Gasteiger partial charge on any atom is -0.295 e. The first kappa shape index (κ1) is 17.8. The summed E-state index contributed by atoms with van der Waals surface area (Å²) in [5.74, 6) is -2.48. The molecule has 1 aliphatic rings. The van der Waals surface area contributed by atoms with Crippen LogP contribution in [0.15, 0.2) is 42.5 Å². The number of anilines is 1. The number of alkyl halides is 3. The number of rotatable bonds is 1. The predicted molar refractivity (Wildman–Crippen MR) is 91.2 cm³/mol. The fourth-order valence-electron chi connectivity index (χ4n) is 2.73. The zero-order valence-corrected chi connectivity index (χ0v) is 14.6. The minimum atomic E-state index is -4.79. The highest BCUT2D eigenvalue weighted by molar-refractivity contribution is 14.1. The highest BCUT2D eigenvalue weighted by Gasteiger charge is 2.50. The highest BCUT2D eigenvalue weighted by Crippen LogP contribution is 2.39. The minimum absolute atomic E-state index is 0.0549. The number of halogens is 5. The number of Topliss-reactive ketones (excluding diaryl/α,β-unsaturated/α-hetero) is 1. The van der Waals surface area contributed by atoms with Gasteiger partial charge in [-0.3, -0.25) is 14.5 Å². The topological polar surface area (TPSA) is 37.4 Å². The maximum absolute atomic E-state index is 13.5. The summed E-state index contributed by atoms with van der Waals surface area (Å²) in [7, 11) is 0. The number of hydrogen-bond donors (Lipinski definition) is 0. The van der Waals surface area contributed by atoms with E-state index in [0.29, 0.717) is 4.90 Å². The third kappa shape index (κ3) is 3.39. The van der Waals surface area contributed by atoms with Gasteiger partial charge in [0.05, 0.1) is 5.69 Å². The van der Waals surface area contributed by atoms with Gasteiger partial charge in [0, 0.05) is 21.1 Å². The van der Waals surface area contributed by atoms with Gasteiger partial charge in [-0.1, -0.05) is 0 Å². The second kappa shape index (κ2) is 6.40. The third-order valence-corrected chi connectivity index (χ3v) is 4.62. The molecule has 1 unspecified atom stereocenters. The van der Waals surface area contributed by atoms with Crippen molar-refractivity contribution in [1.29, 1.82) is 0 Å². The van der Waals surface area contributed by atoms with E-state index in [0.717, 1.165) is 21.8 Å². The molecule has 0 fully saturated rings. The van der Waals surface area contributed by atoms with Crippen LogP contribution >= 0.6 is 22.6 Å². The summed E-state index contributed by atoms with van der Waals surface area (Å²) in [6, 6.07) is 6.55. The molecule has 8 heteroatoms. The molecule has 0 N–H and O–H groups in total. The van der Waals surface area contributed by atoms with Crippen LogP contribution in [-0.4, -0.2) is 23.9 Å². The molecule has 0 aliphatic carbocycles. The lowest BCUT2D eigenvalue weighted by atomic mass is 9.93. The lowest BCUT2D eigenvalue weighted by molar-refractivity contribution is -0.147. The van der Waals surface area contributed by atoms with E-state index < -0.39 is 36.1 Å². The van der Waals surface area contributed by atoms with E-state index in [9.17, 15) is 27.2 Å². The van der Waals surface area contributed by atoms with Crippen molar-refractivity contribution in [3.63, 3.8) is 0 Å². The maximum atomic E-state index is 13.5. The van der Waals surface area contributed by atoms with E-state index in [1.807, 2.05) is 22.6 Å². The summed E-state index contributed by atoms with van der Waals surface area (Å²) in [6.45, 7) is 0. The van der Waals surface area contributed by atoms with Gasteiger partial charge in [-0.25, -0.2) is 4.39 Å². The van der Waals surface area contributed by atoms with Gasteiger partial charge in [0.1, 0.15) is 11.9 Å². The molecule has 0 saturated heterocycles. The molecule has 1 heterocycles. The van der Waals surface area contributed by atoms with Crippen LogP contribution in [0.3, 0.4) is 0 Å². The Labute approximate surface area is 153 Å². The first-order valence-electron chi connectivity index (χ1n) is 7.17. The number of hydrogen-bond acceptors (Lipinski definition) is 2. The van der Waals surface area contributed by atoms with Gasteiger partial charge in [0.25, 0.3) is 5.91 Å². The van der Waals surface area contributed by atoms with Gasteiger partial charge in [-0.05, 0) is 65.1 Å². The molecule has 1 atom stereocenters. The van der Waals surface area contributed by atoms with Crippen molar-refractivity contribution in [3.8, 4) is 0 Å². The predicted octanol–water partition coefficient (Wildman–Crippen LogP) is 4.59. The van der Waals surface area contributed by atoms with Gasteiger partial charge in [0.2, 0.25) is 0 Å². The first-order valence-corrected chi connectivity index (χ1v) is 8.25. The van der Waals surface area contributed by atoms with Crippen LogP contribution in [0.5, 0.6) is 0 Å². The molecule has 130 valence electrons. The summed E-state index contributed by atoms with van der Waals surface area (Å²) in [4.78, 5) is 25.3. The van der Waals surface area contributed by atoms with E-state index in [2.05, 4.69) is 0 Å². The fourth-order valence-corrected chi connectivity index (χ4v) is 3.09. The van der Waals surface area contributed by atoms with E-state index in [4.69, 9.17) is 0 Å². The number of amides is 1. The van der Waals surface area contributed by atoms with Crippen molar-refractivity contribution in [2.24, 2.45) is 0 Å². The van der Waals surface area contributed by atoms with Gasteiger partial charge in [-0.2, -0.15) is 13.2 Å². The molecule has 2 aromatic rings. The maximum Gasteiger partial charge on any atom is 0.409 e. The van der Waals surface area contributed by atoms with E-state index in [-0.39, 0.29) is 16.8 Å². The van der Waals surface area contributed by atoms with Crippen LogP contribution in [0, 0.1) is 9.39 Å². The number of fused-ring (bicyclic) bond motifs is 1. The Morgan fingerprint density at radius 1 is 1.12 bits per heavy atom. The zero-order valence-electron chi connectivity index (χ0n) is 12.5. The van der Waals surface area contributed by atoms with Crippen molar-refractivity contribution in [1.82, 2.24) is 0 Å². The lowest BCUT2D eigenvalue weighted by Crippen LogP contribution is -2.53. The molecule has 0 spiro atoms. The molecule has 3 nitrogen and oxygen atoms in total. The molecule has 0 saturated carbocycles. The Balaban J connectivity index is 2.15. The molecule has 3 rings (SSSR count). The summed E-state index contributed by atoms with van der Waals surface area (Å²) in [5.41, 5.74) is -0.401. The van der Waals surface area contributed by atoms with Crippen LogP contribution in [0.1, 0.15) is 27.1 Å². The SMILES string of the molecule is O=C1CC(C(F)(F)F)N(C(=O)c2ccc(I)cc2)c2ccc(F)cc21. The van der Waals surface area contributed by atoms with Gasteiger partial charge in [-0.15, -0.1) is 0 Å². The Hall–Kier alpha value is -1.97. The molecule has 0 radical (unpaired) electrons. The van der Waals surface area contributed by atoms with E-state index in [1.54, 1.807) is 12.1 Å². The zero-order chi connectivity index (χ0) is 18.4. The summed E-state index contributed by atoms with van der Waals surface area (Å²) in [6.07, 6.45) is -5.73. The normalized spacial score (nSPS) is 17.4. The van der Waals surface area contributed by atoms with Crippen molar-refractivity contribution in [3.05, 3.63) is 63.0 Å². The number of benzene rings is 2. The summed E-state index contributed by atoms with van der Waals surface area (Å²) in [5, 5.41) is 0.